The number of anilines is 5. The molecule has 0 saturated carbocycles. The largest absolute Gasteiger partial charge is 0.310 e. The normalized spacial score (nSPS) is 11.8. The molecule has 5 heteroatoms. The molecular weight excluding hydrogens is 823 g/mol. The summed E-state index contributed by atoms with van der Waals surface area (Å²) in [7, 11) is 0. The number of nitriles is 1. The Kier molecular flexibility index (Phi) is 14.2. The van der Waals surface area contributed by atoms with Crippen LogP contribution in [0.5, 0.6) is 0 Å². The molecule has 0 aliphatic carbocycles. The molecule has 0 radical (unpaired) electrons. The quantitative estimate of drug-likeness (QED) is 0.0396. The number of thiophene rings is 1. The van der Waals surface area contributed by atoms with Gasteiger partial charge in [-0.25, -0.2) is 0 Å². The minimum Gasteiger partial charge on any atom is -0.310 e. The van der Waals surface area contributed by atoms with Crippen molar-refractivity contribution in [2.24, 2.45) is 0 Å². The van der Waals surface area contributed by atoms with Gasteiger partial charge in [0.25, 0.3) is 0 Å². The molecule has 0 saturated heterocycles. The maximum Gasteiger partial charge on any atom is 0.160 e. The van der Waals surface area contributed by atoms with Gasteiger partial charge in [0, 0.05) is 49.2 Å². The Labute approximate surface area is 393 Å². The number of hydrogen-bond acceptors (Lipinski definition) is 5. The number of rotatable bonds is 17. The smallest absolute Gasteiger partial charge is 0.160 e. The average molecular weight is 874 g/mol. The molecule has 7 aromatic carbocycles. The highest BCUT2D eigenvalue weighted by Gasteiger charge is 2.23. The molecule has 0 fully saturated rings. The highest BCUT2D eigenvalue weighted by atomic mass is 32.1. The third-order valence-corrected chi connectivity index (χ3v) is 12.7. The van der Waals surface area contributed by atoms with Crippen LogP contribution in [0.15, 0.2) is 225 Å². The van der Waals surface area contributed by atoms with Gasteiger partial charge < -0.3 is 9.80 Å². The van der Waals surface area contributed by atoms with E-state index in [1.54, 1.807) is 23.5 Å². The molecule has 1 aromatic heterocycles. The van der Waals surface area contributed by atoms with Crippen molar-refractivity contribution in [1.29, 1.82) is 5.26 Å². The van der Waals surface area contributed by atoms with Crippen LogP contribution in [0.1, 0.15) is 46.0 Å². The zero-order chi connectivity index (χ0) is 45.8. The maximum absolute atomic E-state index is 11.7. The lowest BCUT2D eigenvalue weighted by molar-refractivity contribution is -0.104. The van der Waals surface area contributed by atoms with Gasteiger partial charge >= 0.3 is 0 Å². The number of hydrogen-bond donors (Lipinski definition) is 0. The summed E-state index contributed by atoms with van der Waals surface area (Å²) in [5.41, 5.74) is 14.3. The Hall–Kier alpha value is -8.04. The van der Waals surface area contributed by atoms with Gasteiger partial charge in [0.1, 0.15) is 6.07 Å². The van der Waals surface area contributed by atoms with Crippen LogP contribution in [0.4, 0.5) is 28.4 Å². The third kappa shape index (κ3) is 10.2. The van der Waals surface area contributed by atoms with Gasteiger partial charge in [0.2, 0.25) is 0 Å². The number of carbonyl (C=O) groups is 1. The average Bonchev–Trinajstić information content (AvgIpc) is 3.83. The Morgan fingerprint density at radius 1 is 0.697 bits per heavy atom. The van der Waals surface area contributed by atoms with E-state index in [0.717, 1.165) is 90.6 Å². The van der Waals surface area contributed by atoms with Crippen LogP contribution in [0.25, 0.3) is 33.0 Å². The summed E-state index contributed by atoms with van der Waals surface area (Å²) in [5, 5.41) is 11.9. The molecule has 0 amide bonds. The summed E-state index contributed by atoms with van der Waals surface area (Å²) in [6.07, 6.45) is 12.7. The van der Waals surface area contributed by atoms with Crippen LogP contribution >= 0.6 is 11.3 Å². The van der Waals surface area contributed by atoms with E-state index >= 15 is 0 Å². The van der Waals surface area contributed by atoms with Crippen LogP contribution in [0, 0.1) is 18.3 Å². The predicted octanol–water partition coefficient (Wildman–Crippen LogP) is 16.5. The van der Waals surface area contributed by atoms with Gasteiger partial charge in [0.15, 0.2) is 6.29 Å². The number of allylic oxidation sites excluding steroid dienone is 6. The van der Waals surface area contributed by atoms with E-state index in [0.29, 0.717) is 6.29 Å². The standard InChI is InChI=1S/C61H51N3OS/c1-5-16-45(7-3)36-47-26-30-52(31-27-47)63(59(17-6-2)57-23-13-11-18-44(57)4)54-39-51(61-35-34-56(66-61)38-49(42-62)43-65)40-55(41-54)64(60-25-15-22-50-21-12-14-24-58(50)60)53-32-28-48(29-33-53)37-46-19-9-8-10-20-46/h5,7-35,38-41,43H,1,3,6,36-37H2,2,4H3/b45-16+,49-38-,59-17+. The number of benzene rings is 7. The summed E-state index contributed by atoms with van der Waals surface area (Å²) >= 11 is 1.55. The van der Waals surface area contributed by atoms with Crippen molar-refractivity contribution in [3.8, 4) is 16.5 Å². The van der Waals surface area contributed by atoms with Crippen molar-refractivity contribution >= 4 is 68.6 Å². The second kappa shape index (κ2) is 21.1. The second-order valence-corrected chi connectivity index (χ2v) is 17.2. The molecular formula is C61H51N3OS. The van der Waals surface area contributed by atoms with Gasteiger partial charge in [-0.2, -0.15) is 5.26 Å². The van der Waals surface area contributed by atoms with Crippen molar-refractivity contribution in [3.63, 3.8) is 0 Å². The van der Waals surface area contributed by atoms with Crippen molar-refractivity contribution < 1.29 is 4.79 Å². The van der Waals surface area contributed by atoms with E-state index in [1.165, 1.54) is 22.3 Å². The van der Waals surface area contributed by atoms with Gasteiger partial charge in [-0.1, -0.05) is 160 Å². The number of aldehydes is 1. The zero-order valence-corrected chi connectivity index (χ0v) is 38.2. The van der Waals surface area contributed by atoms with Crippen molar-refractivity contribution in [2.45, 2.75) is 33.1 Å². The van der Waals surface area contributed by atoms with E-state index in [2.05, 4.69) is 213 Å². The molecule has 4 nitrogen and oxygen atoms in total. The predicted molar refractivity (Wildman–Crippen MR) is 281 cm³/mol. The minimum absolute atomic E-state index is 0.0815. The Morgan fingerprint density at radius 2 is 1.38 bits per heavy atom. The van der Waals surface area contributed by atoms with E-state index in [-0.39, 0.29) is 5.57 Å². The van der Waals surface area contributed by atoms with Crippen molar-refractivity contribution in [1.82, 2.24) is 0 Å². The molecule has 1 heterocycles. The first-order valence-electron chi connectivity index (χ1n) is 22.2. The fraction of sp³-hybridized carbons (Fsp3) is 0.0820. The highest BCUT2D eigenvalue weighted by Crippen LogP contribution is 2.46. The summed E-state index contributed by atoms with van der Waals surface area (Å²) in [4.78, 5) is 18.3. The fourth-order valence-electron chi connectivity index (χ4n) is 8.40. The van der Waals surface area contributed by atoms with Crippen LogP contribution in [-0.4, -0.2) is 6.29 Å². The molecule has 8 rings (SSSR count). The monoisotopic (exact) mass is 873 g/mol. The summed E-state index contributed by atoms with van der Waals surface area (Å²) < 4.78 is 0. The van der Waals surface area contributed by atoms with E-state index in [1.807, 2.05) is 24.3 Å². The van der Waals surface area contributed by atoms with Crippen LogP contribution < -0.4 is 9.80 Å². The second-order valence-electron chi connectivity index (χ2n) is 16.1. The number of aryl methyl sites for hydroxylation is 1. The topological polar surface area (TPSA) is 47.3 Å². The molecule has 0 unspecified atom stereocenters. The van der Waals surface area contributed by atoms with Gasteiger partial charge in [-0.15, -0.1) is 11.3 Å². The van der Waals surface area contributed by atoms with Crippen molar-refractivity contribution in [2.75, 3.05) is 9.80 Å². The first-order chi connectivity index (χ1) is 32.4. The first kappa shape index (κ1) is 44.6. The Balaban J connectivity index is 1.39. The summed E-state index contributed by atoms with van der Waals surface area (Å²) in [6.45, 7) is 12.3. The lowest BCUT2D eigenvalue weighted by Crippen LogP contribution is -2.18. The molecule has 0 bridgehead atoms. The Bertz CT molecular complexity index is 3140. The summed E-state index contributed by atoms with van der Waals surface area (Å²) in [5.74, 6) is 0. The molecule has 0 aliphatic heterocycles. The highest BCUT2D eigenvalue weighted by molar-refractivity contribution is 7.16. The van der Waals surface area contributed by atoms with Crippen molar-refractivity contribution in [3.05, 3.63) is 257 Å². The lowest BCUT2D eigenvalue weighted by Gasteiger charge is -2.32. The van der Waals surface area contributed by atoms with Gasteiger partial charge in [-0.3, -0.25) is 4.79 Å². The number of nitrogens with zero attached hydrogens (tertiary/aromatic N) is 3. The van der Waals surface area contributed by atoms with Gasteiger partial charge in [0.05, 0.1) is 11.3 Å². The third-order valence-electron chi connectivity index (χ3n) is 11.6. The van der Waals surface area contributed by atoms with Gasteiger partial charge in [-0.05, 0) is 132 Å². The molecule has 8 aromatic rings. The van der Waals surface area contributed by atoms with E-state index in [4.69, 9.17) is 0 Å². The molecule has 0 N–H and O–H groups in total. The van der Waals surface area contributed by atoms with E-state index in [9.17, 15) is 10.1 Å². The SMILES string of the molecule is C=C/C=C(\C=C)Cc1ccc(N(/C(=C/CC)c2ccccc2C)c2cc(-c3ccc(/C=C(/C#N)C=O)s3)cc(N(c3ccc(Cc4ccccc4)cc3)c3cccc4ccccc34)c2)cc1. The van der Waals surface area contributed by atoms with Crippen LogP contribution in [0.3, 0.4) is 0 Å². The number of carbonyl (C=O) groups excluding carboxylic acids is 1. The zero-order valence-electron chi connectivity index (χ0n) is 37.4. The molecule has 0 aliphatic rings. The Morgan fingerprint density at radius 3 is 2.11 bits per heavy atom. The van der Waals surface area contributed by atoms with Crippen LogP contribution in [-0.2, 0) is 17.6 Å². The molecule has 66 heavy (non-hydrogen) atoms. The maximum atomic E-state index is 11.7. The molecule has 322 valence electrons. The minimum atomic E-state index is 0.0815. The van der Waals surface area contributed by atoms with Crippen LogP contribution in [0.2, 0.25) is 0 Å². The van der Waals surface area contributed by atoms with E-state index < -0.39 is 0 Å². The molecule has 0 atom stereocenters. The molecule has 0 spiro atoms. The lowest BCUT2D eigenvalue weighted by atomic mass is 10.00. The first-order valence-corrected chi connectivity index (χ1v) is 23.0. The summed E-state index contributed by atoms with van der Waals surface area (Å²) in [6, 6.07) is 64.8. The number of fused-ring (bicyclic) bond motifs is 1. The fourth-order valence-corrected chi connectivity index (χ4v) is 9.35.